The lowest BCUT2D eigenvalue weighted by Crippen LogP contribution is -2.46. The van der Waals surface area contributed by atoms with Gasteiger partial charge in [0.1, 0.15) is 6.10 Å². The summed E-state index contributed by atoms with van der Waals surface area (Å²) in [5.74, 6) is 2.16. The normalized spacial score (nSPS) is 22.4. The molecule has 2 aliphatic rings. The Morgan fingerprint density at radius 1 is 1.03 bits per heavy atom. The maximum Gasteiger partial charge on any atom is 0.225 e. The highest BCUT2D eigenvalue weighted by Crippen LogP contribution is 2.36. The second-order valence-corrected chi connectivity index (χ2v) is 8.06. The Balaban J connectivity index is 1.54. The Morgan fingerprint density at radius 2 is 1.77 bits per heavy atom. The van der Waals surface area contributed by atoms with Gasteiger partial charge in [0, 0.05) is 44.1 Å². The summed E-state index contributed by atoms with van der Waals surface area (Å²) < 4.78 is 16.8. The zero-order valence-electron chi connectivity index (χ0n) is 18.4. The molecule has 2 saturated heterocycles. The van der Waals surface area contributed by atoms with Crippen molar-refractivity contribution >= 4 is 5.95 Å². The Hall–Kier alpha value is -2.42. The summed E-state index contributed by atoms with van der Waals surface area (Å²) in [7, 11) is 3.25. The zero-order valence-corrected chi connectivity index (χ0v) is 18.4. The number of aromatic nitrogens is 2. The van der Waals surface area contributed by atoms with Gasteiger partial charge in [-0.3, -0.25) is 4.90 Å². The first-order valence-corrected chi connectivity index (χ1v) is 11.0. The summed E-state index contributed by atoms with van der Waals surface area (Å²) in [5, 5.41) is 9.98. The second kappa shape index (κ2) is 10.3. The van der Waals surface area contributed by atoms with E-state index in [-0.39, 0.29) is 18.8 Å². The van der Waals surface area contributed by atoms with Gasteiger partial charge in [-0.25, -0.2) is 9.97 Å². The van der Waals surface area contributed by atoms with Crippen LogP contribution in [0.3, 0.4) is 0 Å². The number of aliphatic hydroxyl groups is 1. The van der Waals surface area contributed by atoms with Crippen LogP contribution < -0.4 is 14.4 Å². The van der Waals surface area contributed by atoms with Gasteiger partial charge >= 0.3 is 0 Å². The summed E-state index contributed by atoms with van der Waals surface area (Å²) in [6, 6.07) is 5.75. The fourth-order valence-corrected chi connectivity index (χ4v) is 4.50. The predicted molar refractivity (Wildman–Crippen MR) is 118 cm³/mol. The molecular formula is C23H32N4O4. The molecule has 0 bridgehead atoms. The molecule has 2 aliphatic heterocycles. The first-order valence-electron chi connectivity index (χ1n) is 11.0. The number of morpholine rings is 1. The van der Waals surface area contributed by atoms with Crippen molar-refractivity contribution in [3.63, 3.8) is 0 Å². The molecule has 4 rings (SSSR count). The third kappa shape index (κ3) is 4.92. The van der Waals surface area contributed by atoms with Crippen LogP contribution in [0.1, 0.15) is 36.4 Å². The van der Waals surface area contributed by atoms with Gasteiger partial charge in [-0.2, -0.15) is 0 Å². The molecule has 2 aromatic rings. The third-order valence-corrected chi connectivity index (χ3v) is 6.10. The smallest absolute Gasteiger partial charge is 0.225 e. The van der Waals surface area contributed by atoms with Crippen molar-refractivity contribution in [2.45, 2.75) is 38.0 Å². The molecule has 2 atom stereocenters. The predicted octanol–water partition coefficient (Wildman–Crippen LogP) is 2.42. The highest BCUT2D eigenvalue weighted by Gasteiger charge is 2.34. The van der Waals surface area contributed by atoms with Crippen LogP contribution in [0.4, 0.5) is 5.95 Å². The molecular weight excluding hydrogens is 396 g/mol. The fraction of sp³-hybridized carbons (Fsp3) is 0.565. The van der Waals surface area contributed by atoms with E-state index in [1.807, 2.05) is 30.6 Å². The van der Waals surface area contributed by atoms with Crippen LogP contribution in [0.2, 0.25) is 0 Å². The monoisotopic (exact) mass is 428 g/mol. The molecule has 0 spiro atoms. The number of methoxy groups -OCH3 is 2. The maximum absolute atomic E-state index is 9.98. The van der Waals surface area contributed by atoms with Crippen molar-refractivity contribution < 1.29 is 19.3 Å². The van der Waals surface area contributed by atoms with Crippen LogP contribution in [-0.2, 0) is 11.3 Å². The Morgan fingerprint density at radius 3 is 2.45 bits per heavy atom. The van der Waals surface area contributed by atoms with E-state index in [4.69, 9.17) is 14.2 Å². The molecule has 1 aromatic carbocycles. The van der Waals surface area contributed by atoms with Gasteiger partial charge in [0.25, 0.3) is 0 Å². The average Bonchev–Trinajstić information content (AvgIpc) is 2.84. The lowest BCUT2D eigenvalue weighted by molar-refractivity contribution is -0.0961. The number of piperidine rings is 1. The van der Waals surface area contributed by atoms with Crippen LogP contribution in [0.25, 0.3) is 0 Å². The van der Waals surface area contributed by atoms with Gasteiger partial charge in [0.2, 0.25) is 5.95 Å². The van der Waals surface area contributed by atoms with Gasteiger partial charge in [-0.15, -0.1) is 0 Å². The van der Waals surface area contributed by atoms with Crippen LogP contribution >= 0.6 is 0 Å². The molecule has 8 nitrogen and oxygen atoms in total. The molecule has 0 amide bonds. The zero-order chi connectivity index (χ0) is 21.6. The third-order valence-electron chi connectivity index (χ3n) is 6.10. The number of ether oxygens (including phenoxy) is 3. The first-order chi connectivity index (χ1) is 15.2. The number of aliphatic hydroxyl groups excluding tert-OH is 1. The molecule has 0 aliphatic carbocycles. The van der Waals surface area contributed by atoms with Crippen LogP contribution in [0, 0.1) is 0 Å². The Bertz CT molecular complexity index is 842. The van der Waals surface area contributed by atoms with E-state index in [0.717, 1.165) is 36.7 Å². The van der Waals surface area contributed by atoms with Gasteiger partial charge < -0.3 is 24.2 Å². The molecule has 0 radical (unpaired) electrons. The molecule has 0 unspecified atom stereocenters. The summed E-state index contributed by atoms with van der Waals surface area (Å²) in [6.45, 7) is 4.01. The van der Waals surface area contributed by atoms with E-state index in [1.165, 1.54) is 19.3 Å². The maximum atomic E-state index is 9.98. The number of hydrogen-bond donors (Lipinski definition) is 1. The van der Waals surface area contributed by atoms with Gasteiger partial charge in [-0.1, -0.05) is 6.07 Å². The number of anilines is 1. The van der Waals surface area contributed by atoms with E-state index in [0.29, 0.717) is 24.7 Å². The highest BCUT2D eigenvalue weighted by atomic mass is 16.5. The van der Waals surface area contributed by atoms with Crippen molar-refractivity contribution in [2.24, 2.45) is 0 Å². The van der Waals surface area contributed by atoms with Gasteiger partial charge in [-0.05, 0) is 37.0 Å². The minimum Gasteiger partial charge on any atom is -0.493 e. The van der Waals surface area contributed by atoms with Crippen molar-refractivity contribution in [3.05, 3.63) is 41.7 Å². The van der Waals surface area contributed by atoms with Crippen molar-refractivity contribution in [1.29, 1.82) is 0 Å². The average molecular weight is 429 g/mol. The minimum absolute atomic E-state index is 0.0556. The molecule has 1 N–H and O–H groups in total. The molecule has 8 heteroatoms. The molecule has 3 heterocycles. The standard InChI is InChI=1S/C23H32N4O4/c1-29-19-7-6-18(12-20(19)30-2)22-21(16-28)31-11-10-27(22)15-17-13-24-23(25-14-17)26-8-4-3-5-9-26/h6-7,12-14,21-22,28H,3-5,8-11,15-16H2,1-2H3/t21-,22-/m1/s1. The highest BCUT2D eigenvalue weighted by molar-refractivity contribution is 5.44. The first kappa shape index (κ1) is 21.8. The van der Waals surface area contributed by atoms with E-state index in [2.05, 4.69) is 19.8 Å². The number of hydrogen-bond acceptors (Lipinski definition) is 8. The van der Waals surface area contributed by atoms with Gasteiger partial charge in [0.15, 0.2) is 11.5 Å². The molecule has 1 aromatic heterocycles. The van der Waals surface area contributed by atoms with Crippen LogP contribution in [0.15, 0.2) is 30.6 Å². The molecule has 31 heavy (non-hydrogen) atoms. The molecule has 168 valence electrons. The Kier molecular flexibility index (Phi) is 7.21. The molecule has 0 saturated carbocycles. The largest absolute Gasteiger partial charge is 0.493 e. The lowest BCUT2D eigenvalue weighted by atomic mass is 9.97. The fourth-order valence-electron chi connectivity index (χ4n) is 4.50. The van der Waals surface area contributed by atoms with Crippen molar-refractivity contribution in [2.75, 3.05) is 52.0 Å². The van der Waals surface area contributed by atoms with Crippen molar-refractivity contribution in [1.82, 2.24) is 14.9 Å². The SMILES string of the molecule is COc1ccc([C@@H]2[C@@H](CO)OCCN2Cc2cnc(N3CCCCC3)nc2)cc1OC. The second-order valence-electron chi connectivity index (χ2n) is 8.06. The summed E-state index contributed by atoms with van der Waals surface area (Å²) in [6.07, 6.45) is 7.22. The Labute approximate surface area is 183 Å². The summed E-state index contributed by atoms with van der Waals surface area (Å²) >= 11 is 0. The van der Waals surface area contributed by atoms with E-state index in [9.17, 15) is 5.11 Å². The van der Waals surface area contributed by atoms with E-state index >= 15 is 0 Å². The number of rotatable bonds is 7. The van der Waals surface area contributed by atoms with Crippen LogP contribution in [0.5, 0.6) is 11.5 Å². The van der Waals surface area contributed by atoms with E-state index < -0.39 is 0 Å². The van der Waals surface area contributed by atoms with Crippen LogP contribution in [-0.4, -0.2) is 73.1 Å². The summed E-state index contributed by atoms with van der Waals surface area (Å²) in [5.41, 5.74) is 2.06. The lowest BCUT2D eigenvalue weighted by Gasteiger charge is -2.41. The topological polar surface area (TPSA) is 80.2 Å². The quantitative estimate of drug-likeness (QED) is 0.720. The van der Waals surface area contributed by atoms with E-state index in [1.54, 1.807) is 14.2 Å². The molecule has 2 fully saturated rings. The van der Waals surface area contributed by atoms with Gasteiger partial charge in [0.05, 0.1) is 33.5 Å². The summed E-state index contributed by atoms with van der Waals surface area (Å²) in [4.78, 5) is 13.8. The van der Waals surface area contributed by atoms with Crippen molar-refractivity contribution in [3.8, 4) is 11.5 Å². The number of benzene rings is 1. The minimum atomic E-state index is -0.319. The number of nitrogens with zero attached hydrogens (tertiary/aromatic N) is 4.